The van der Waals surface area contributed by atoms with Gasteiger partial charge >= 0.3 is 6.55 Å². The zero-order chi connectivity index (χ0) is 22.8. The lowest BCUT2D eigenvalue weighted by Gasteiger charge is -2.42. The van der Waals surface area contributed by atoms with Crippen molar-refractivity contribution < 1.29 is 26.4 Å². The van der Waals surface area contributed by atoms with E-state index in [9.17, 15) is 26.4 Å². The second-order valence-electron chi connectivity index (χ2n) is 7.88. The predicted octanol–water partition coefficient (Wildman–Crippen LogP) is 2.18. The average Bonchev–Trinajstić information content (AvgIpc) is 3.38. The van der Waals surface area contributed by atoms with E-state index in [0.717, 1.165) is 16.6 Å². The number of ketones is 1. The number of halogens is 3. The molecule has 0 unspecified atom stereocenters. The largest absolute Gasteiger partial charge is 0.369 e. The average molecular weight is 455 g/mol. The van der Waals surface area contributed by atoms with Crippen LogP contribution in [0.3, 0.4) is 0 Å². The Hall–Kier alpha value is -2.89. The number of benzene rings is 1. The minimum Gasteiger partial charge on any atom is -0.369 e. The monoisotopic (exact) mass is 455 g/mol. The molecule has 166 valence electrons. The molecule has 0 bridgehead atoms. The van der Waals surface area contributed by atoms with E-state index >= 15 is 0 Å². The van der Waals surface area contributed by atoms with Crippen LogP contribution in [-0.2, 0) is 22.0 Å². The third kappa shape index (κ3) is 3.03. The quantitative estimate of drug-likeness (QED) is 0.695. The second kappa shape index (κ2) is 6.81. The van der Waals surface area contributed by atoms with Crippen LogP contribution in [0.15, 0.2) is 35.5 Å². The zero-order valence-corrected chi connectivity index (χ0v) is 17.5. The van der Waals surface area contributed by atoms with Crippen molar-refractivity contribution in [2.24, 2.45) is 10.7 Å². The number of nitrogens with zero attached hydrogens (tertiary/aromatic N) is 4. The molecule has 1 atom stereocenters. The molecule has 4 rings (SSSR count). The van der Waals surface area contributed by atoms with Gasteiger partial charge < -0.3 is 5.73 Å². The molecule has 31 heavy (non-hydrogen) atoms. The number of hydrogen-bond acceptors (Lipinski definition) is 6. The highest BCUT2D eigenvalue weighted by atomic mass is 32.2. The number of carbonyl (C=O) groups is 1. The van der Waals surface area contributed by atoms with Crippen molar-refractivity contribution in [2.45, 2.75) is 43.0 Å². The number of rotatable bonds is 5. The van der Waals surface area contributed by atoms with Crippen molar-refractivity contribution in [3.63, 3.8) is 0 Å². The summed E-state index contributed by atoms with van der Waals surface area (Å²) in [6, 6.07) is 5.07. The summed E-state index contributed by atoms with van der Waals surface area (Å²) < 4.78 is 66.3. The molecule has 2 aromatic rings. The van der Waals surface area contributed by atoms with Crippen LogP contribution in [0.2, 0.25) is 0 Å². The molecule has 1 aliphatic carbocycles. The summed E-state index contributed by atoms with van der Waals surface area (Å²) >= 11 is 0. The van der Waals surface area contributed by atoms with Gasteiger partial charge in [-0.15, -0.1) is 0 Å². The number of aliphatic imine (C=N–C) groups is 1. The van der Waals surface area contributed by atoms with Gasteiger partial charge in [0, 0.05) is 25.2 Å². The summed E-state index contributed by atoms with van der Waals surface area (Å²) in [5, 5.41) is 3.54. The summed E-state index contributed by atoms with van der Waals surface area (Å²) in [4.78, 5) is 16.8. The van der Waals surface area contributed by atoms with Gasteiger partial charge in [0.15, 0.2) is 5.78 Å². The molecule has 1 spiro atoms. The van der Waals surface area contributed by atoms with E-state index in [-0.39, 0.29) is 23.6 Å². The van der Waals surface area contributed by atoms with Crippen LogP contribution in [-0.4, -0.2) is 46.0 Å². The SMILES string of the molecule is CN1C(N)=N[C@](C)(c2cc(CC(=O)c3ccn(C(F)F)n3)ccc2F)C2(CC2)S1(=O)=O. The van der Waals surface area contributed by atoms with Gasteiger partial charge in [0.2, 0.25) is 16.0 Å². The fraction of sp³-hybridized carbons (Fsp3) is 0.421. The normalized spacial score (nSPS) is 23.8. The first-order valence-electron chi connectivity index (χ1n) is 9.42. The zero-order valence-electron chi connectivity index (χ0n) is 16.7. The summed E-state index contributed by atoms with van der Waals surface area (Å²) in [6.45, 7) is -1.35. The minimum absolute atomic E-state index is 0.00744. The van der Waals surface area contributed by atoms with E-state index in [2.05, 4.69) is 10.1 Å². The molecule has 2 heterocycles. The van der Waals surface area contributed by atoms with Crippen LogP contribution in [0.4, 0.5) is 13.2 Å². The van der Waals surface area contributed by atoms with Gasteiger partial charge in [-0.2, -0.15) is 13.9 Å². The van der Waals surface area contributed by atoms with Crippen molar-refractivity contribution in [2.75, 3.05) is 7.05 Å². The van der Waals surface area contributed by atoms with E-state index in [1.807, 2.05) is 0 Å². The minimum atomic E-state index is -3.87. The van der Waals surface area contributed by atoms with Gasteiger partial charge in [-0.1, -0.05) is 6.07 Å². The van der Waals surface area contributed by atoms with E-state index in [1.54, 1.807) is 0 Å². The van der Waals surface area contributed by atoms with Crippen molar-refractivity contribution in [3.05, 3.63) is 53.1 Å². The van der Waals surface area contributed by atoms with Crippen molar-refractivity contribution in [1.29, 1.82) is 0 Å². The van der Waals surface area contributed by atoms with E-state index < -0.39 is 38.5 Å². The molecule has 2 aliphatic rings. The molecular formula is C19H20F3N5O3S. The number of aromatic nitrogens is 2. The number of Topliss-reactive ketones (excluding diaryl/α,β-unsaturated/α-hetero) is 1. The summed E-state index contributed by atoms with van der Waals surface area (Å²) in [5.41, 5.74) is 4.58. The lowest BCUT2D eigenvalue weighted by atomic mass is 9.85. The fourth-order valence-electron chi connectivity index (χ4n) is 4.13. The molecule has 0 radical (unpaired) electrons. The molecule has 0 amide bonds. The molecule has 2 N–H and O–H groups in total. The Balaban J connectivity index is 1.72. The third-order valence-electron chi connectivity index (χ3n) is 6.12. The molecule has 0 saturated heterocycles. The van der Waals surface area contributed by atoms with Crippen molar-refractivity contribution >= 4 is 21.8 Å². The topological polar surface area (TPSA) is 111 Å². The molecule has 1 fully saturated rings. The van der Waals surface area contributed by atoms with Gasteiger partial charge in [0.25, 0.3) is 0 Å². The predicted molar refractivity (Wildman–Crippen MR) is 106 cm³/mol. The van der Waals surface area contributed by atoms with E-state index in [0.29, 0.717) is 23.1 Å². The first-order chi connectivity index (χ1) is 14.4. The van der Waals surface area contributed by atoms with Crippen LogP contribution in [0.25, 0.3) is 0 Å². The molecule has 12 heteroatoms. The van der Waals surface area contributed by atoms with E-state index in [1.165, 1.54) is 32.2 Å². The summed E-state index contributed by atoms with van der Waals surface area (Å²) in [5.74, 6) is -1.47. The summed E-state index contributed by atoms with van der Waals surface area (Å²) in [7, 11) is -2.57. The van der Waals surface area contributed by atoms with Crippen LogP contribution in [0, 0.1) is 5.82 Å². The molecular weight excluding hydrogens is 435 g/mol. The highest BCUT2D eigenvalue weighted by Gasteiger charge is 2.70. The Morgan fingerprint density at radius 1 is 1.29 bits per heavy atom. The van der Waals surface area contributed by atoms with Gasteiger partial charge in [0.05, 0.1) is 0 Å². The van der Waals surface area contributed by atoms with Crippen molar-refractivity contribution in [1.82, 2.24) is 14.1 Å². The lowest BCUT2D eigenvalue weighted by Crippen LogP contribution is -2.58. The number of hydrogen-bond donors (Lipinski definition) is 1. The maximum absolute atomic E-state index is 14.9. The first-order valence-corrected chi connectivity index (χ1v) is 10.9. The summed E-state index contributed by atoms with van der Waals surface area (Å²) in [6.07, 6.45) is 1.34. The Bertz CT molecular complexity index is 1210. The number of carbonyl (C=O) groups excluding carboxylic acids is 1. The van der Waals surface area contributed by atoms with Crippen molar-refractivity contribution in [3.8, 4) is 0 Å². The second-order valence-corrected chi connectivity index (χ2v) is 10.2. The Morgan fingerprint density at radius 2 is 1.97 bits per heavy atom. The highest BCUT2D eigenvalue weighted by molar-refractivity contribution is 7.91. The fourth-order valence-corrected chi connectivity index (χ4v) is 6.22. The molecule has 1 aliphatic heterocycles. The molecule has 8 nitrogen and oxygen atoms in total. The van der Waals surface area contributed by atoms with Gasteiger partial charge in [-0.3, -0.25) is 4.79 Å². The van der Waals surface area contributed by atoms with Gasteiger partial charge in [0.1, 0.15) is 21.8 Å². The van der Waals surface area contributed by atoms with Crippen LogP contribution < -0.4 is 5.73 Å². The van der Waals surface area contributed by atoms with E-state index in [4.69, 9.17) is 5.73 Å². The lowest BCUT2D eigenvalue weighted by molar-refractivity contribution is 0.0560. The smallest absolute Gasteiger partial charge is 0.333 e. The Kier molecular flexibility index (Phi) is 4.69. The number of nitrogens with two attached hydrogens (primary N) is 1. The Labute approximate surface area is 176 Å². The van der Waals surface area contributed by atoms with Crippen LogP contribution >= 0.6 is 0 Å². The molecule has 1 aromatic heterocycles. The van der Waals surface area contributed by atoms with Gasteiger partial charge in [-0.05, 0) is 43.5 Å². The number of sulfonamides is 1. The van der Waals surface area contributed by atoms with Crippen LogP contribution in [0.5, 0.6) is 0 Å². The molecule has 1 saturated carbocycles. The van der Waals surface area contributed by atoms with Gasteiger partial charge in [-0.25, -0.2) is 26.8 Å². The first kappa shape index (κ1) is 21.3. The van der Waals surface area contributed by atoms with Crippen LogP contribution in [0.1, 0.15) is 47.9 Å². The Morgan fingerprint density at radius 3 is 2.55 bits per heavy atom. The maximum Gasteiger partial charge on any atom is 0.333 e. The highest BCUT2D eigenvalue weighted by Crippen LogP contribution is 2.60. The number of alkyl halides is 2. The molecule has 1 aromatic carbocycles. The maximum atomic E-state index is 14.9. The third-order valence-corrected chi connectivity index (χ3v) is 8.82. The number of guanidine groups is 1. The standard InChI is InChI=1S/C19H20F3N5O3S/c1-18(19(6-7-19)31(29,30)26(2)17(23)24-18)12-9-11(3-4-13(12)20)10-15(28)14-5-8-27(25-14)16(21)22/h3-5,8-9,16H,6-7,10H2,1-2H3,(H2,23,24)/t18-/m1/s1.